The van der Waals surface area contributed by atoms with Crippen molar-refractivity contribution in [1.29, 1.82) is 0 Å². The van der Waals surface area contributed by atoms with Crippen LogP contribution in [0.4, 0.5) is 0 Å². The third-order valence-corrected chi connectivity index (χ3v) is 2.12. The highest BCUT2D eigenvalue weighted by molar-refractivity contribution is 5.62. The van der Waals surface area contributed by atoms with Crippen LogP contribution in [0.1, 0.15) is 12.5 Å². The molecule has 2 rings (SSSR count). The molecule has 0 unspecified atom stereocenters. The van der Waals surface area contributed by atoms with Gasteiger partial charge in [-0.15, -0.1) is 5.10 Å². The molecule has 1 aromatic carbocycles. The van der Waals surface area contributed by atoms with Crippen LogP contribution in [0.5, 0.6) is 5.75 Å². The highest BCUT2D eigenvalue weighted by Gasteiger charge is 2.09. The Labute approximate surface area is 87.5 Å². The second-order valence-electron chi connectivity index (χ2n) is 3.04. The van der Waals surface area contributed by atoms with Crippen LogP contribution in [0.25, 0.3) is 11.4 Å². The SMILES string of the molecule is CCOc1c[c]cc(-c2nnn[nH]2)c1C. The fraction of sp³-hybridized carbons (Fsp3) is 0.300. The lowest BCUT2D eigenvalue weighted by atomic mass is 10.1. The number of aromatic amines is 1. The monoisotopic (exact) mass is 203 g/mol. The van der Waals surface area contributed by atoms with Gasteiger partial charge in [0.1, 0.15) is 5.75 Å². The van der Waals surface area contributed by atoms with Crippen LogP contribution < -0.4 is 4.74 Å². The maximum atomic E-state index is 5.46. The van der Waals surface area contributed by atoms with Gasteiger partial charge in [0.2, 0.25) is 0 Å². The lowest BCUT2D eigenvalue weighted by Crippen LogP contribution is -1.96. The smallest absolute Gasteiger partial charge is 0.179 e. The van der Waals surface area contributed by atoms with Crippen LogP contribution in [-0.2, 0) is 0 Å². The van der Waals surface area contributed by atoms with Gasteiger partial charge >= 0.3 is 0 Å². The van der Waals surface area contributed by atoms with Crippen LogP contribution in [0.3, 0.4) is 0 Å². The topological polar surface area (TPSA) is 63.7 Å². The van der Waals surface area contributed by atoms with E-state index in [-0.39, 0.29) is 0 Å². The molecule has 2 aromatic rings. The van der Waals surface area contributed by atoms with Gasteiger partial charge < -0.3 is 4.74 Å². The van der Waals surface area contributed by atoms with Crippen molar-refractivity contribution in [3.05, 3.63) is 23.8 Å². The number of aromatic nitrogens is 4. The first kappa shape index (κ1) is 9.64. The molecular weight excluding hydrogens is 192 g/mol. The van der Waals surface area contributed by atoms with Crippen molar-refractivity contribution in [1.82, 2.24) is 20.6 Å². The first-order valence-electron chi connectivity index (χ1n) is 4.70. The Morgan fingerprint density at radius 1 is 1.47 bits per heavy atom. The molecule has 1 radical (unpaired) electrons. The van der Waals surface area contributed by atoms with E-state index in [1.807, 2.05) is 26.0 Å². The van der Waals surface area contributed by atoms with E-state index in [1.54, 1.807) is 0 Å². The lowest BCUT2D eigenvalue weighted by molar-refractivity contribution is 0.338. The largest absolute Gasteiger partial charge is 0.494 e. The van der Waals surface area contributed by atoms with E-state index >= 15 is 0 Å². The average molecular weight is 203 g/mol. The van der Waals surface area contributed by atoms with E-state index in [0.29, 0.717) is 12.4 Å². The zero-order chi connectivity index (χ0) is 10.7. The molecule has 1 N–H and O–H groups in total. The molecule has 77 valence electrons. The zero-order valence-corrected chi connectivity index (χ0v) is 8.61. The summed E-state index contributed by atoms with van der Waals surface area (Å²) in [5.74, 6) is 1.44. The summed E-state index contributed by atoms with van der Waals surface area (Å²) in [5.41, 5.74) is 1.92. The molecule has 1 heterocycles. The highest BCUT2D eigenvalue weighted by Crippen LogP contribution is 2.26. The van der Waals surface area contributed by atoms with Crippen LogP contribution in [0.15, 0.2) is 12.1 Å². The molecule has 0 saturated heterocycles. The summed E-state index contributed by atoms with van der Waals surface area (Å²) in [7, 11) is 0. The molecule has 5 nitrogen and oxygen atoms in total. The van der Waals surface area contributed by atoms with Crippen LogP contribution >= 0.6 is 0 Å². The van der Waals surface area contributed by atoms with Crippen molar-refractivity contribution in [2.75, 3.05) is 6.61 Å². The Balaban J connectivity index is 2.45. The number of nitrogens with one attached hydrogen (secondary N) is 1. The number of ether oxygens (including phenoxy) is 1. The van der Waals surface area contributed by atoms with E-state index in [4.69, 9.17) is 4.74 Å². The predicted octanol–water partition coefficient (Wildman–Crippen LogP) is 1.37. The Morgan fingerprint density at radius 3 is 3.00 bits per heavy atom. The standard InChI is InChI=1S/C10H11N4O/c1-3-15-9-6-4-5-8(7(9)2)10-11-13-14-12-10/h5-6H,3H2,1-2H3,(H,11,12,13,14). The van der Waals surface area contributed by atoms with Crippen LogP contribution in [0.2, 0.25) is 0 Å². The Bertz CT molecular complexity index is 439. The molecule has 15 heavy (non-hydrogen) atoms. The fourth-order valence-electron chi connectivity index (χ4n) is 1.37. The Kier molecular flexibility index (Phi) is 2.62. The summed E-state index contributed by atoms with van der Waals surface area (Å²) >= 11 is 0. The van der Waals surface area contributed by atoms with Gasteiger partial charge in [-0.25, -0.2) is 5.10 Å². The van der Waals surface area contributed by atoms with Crippen LogP contribution in [0, 0.1) is 13.0 Å². The minimum Gasteiger partial charge on any atom is -0.494 e. The van der Waals surface area contributed by atoms with Gasteiger partial charge in [0.15, 0.2) is 5.82 Å². The van der Waals surface area contributed by atoms with Crippen molar-refractivity contribution < 1.29 is 4.74 Å². The number of rotatable bonds is 3. The maximum absolute atomic E-state index is 5.46. The number of nitrogens with zero attached hydrogens (tertiary/aromatic N) is 3. The van der Waals surface area contributed by atoms with Crippen molar-refractivity contribution in [2.24, 2.45) is 0 Å². The van der Waals surface area contributed by atoms with Crippen molar-refractivity contribution in [2.45, 2.75) is 13.8 Å². The number of benzene rings is 1. The van der Waals surface area contributed by atoms with E-state index < -0.39 is 0 Å². The van der Waals surface area contributed by atoms with Crippen LogP contribution in [-0.4, -0.2) is 27.2 Å². The molecule has 0 amide bonds. The number of tetrazole rings is 1. The molecule has 0 bridgehead atoms. The summed E-state index contributed by atoms with van der Waals surface area (Å²) in [5, 5.41) is 13.7. The second-order valence-corrected chi connectivity index (χ2v) is 3.04. The molecule has 1 aromatic heterocycles. The molecule has 0 aliphatic carbocycles. The molecule has 0 fully saturated rings. The van der Waals surface area contributed by atoms with E-state index in [1.165, 1.54) is 0 Å². The first-order chi connectivity index (χ1) is 7.33. The fourth-order valence-corrected chi connectivity index (χ4v) is 1.37. The van der Waals surface area contributed by atoms with E-state index in [0.717, 1.165) is 16.9 Å². The second kappa shape index (κ2) is 4.08. The molecule has 5 heteroatoms. The number of hydrogen-bond donors (Lipinski definition) is 1. The molecule has 0 atom stereocenters. The highest BCUT2D eigenvalue weighted by atomic mass is 16.5. The van der Waals surface area contributed by atoms with Crippen molar-refractivity contribution in [3.8, 4) is 17.1 Å². The minimum atomic E-state index is 0.630. The normalized spacial score (nSPS) is 10.3. The Morgan fingerprint density at radius 2 is 2.33 bits per heavy atom. The van der Waals surface area contributed by atoms with E-state index in [2.05, 4.69) is 26.7 Å². The van der Waals surface area contributed by atoms with E-state index in [9.17, 15) is 0 Å². The molecule has 0 saturated carbocycles. The van der Waals surface area contributed by atoms with Gasteiger partial charge in [0.25, 0.3) is 0 Å². The van der Waals surface area contributed by atoms with Gasteiger partial charge in [-0.3, -0.25) is 0 Å². The summed E-state index contributed by atoms with van der Waals surface area (Å²) < 4.78 is 5.46. The minimum absolute atomic E-state index is 0.630. The average Bonchev–Trinajstić information content (AvgIpc) is 2.74. The van der Waals surface area contributed by atoms with Crippen molar-refractivity contribution in [3.63, 3.8) is 0 Å². The summed E-state index contributed by atoms with van der Waals surface area (Å²) in [6, 6.07) is 6.65. The maximum Gasteiger partial charge on any atom is 0.179 e. The van der Waals surface area contributed by atoms with Gasteiger partial charge in [0, 0.05) is 11.1 Å². The van der Waals surface area contributed by atoms with Gasteiger partial charge in [-0.2, -0.15) is 0 Å². The lowest BCUT2D eigenvalue weighted by Gasteiger charge is -2.08. The van der Waals surface area contributed by atoms with Gasteiger partial charge in [0.05, 0.1) is 6.61 Å². The molecule has 0 aliphatic heterocycles. The third kappa shape index (κ3) is 1.81. The molecular formula is C10H11N4O. The van der Waals surface area contributed by atoms with Gasteiger partial charge in [-0.05, 0) is 42.5 Å². The zero-order valence-electron chi connectivity index (χ0n) is 8.61. The third-order valence-electron chi connectivity index (χ3n) is 2.12. The summed E-state index contributed by atoms with van der Waals surface area (Å²) in [6.45, 7) is 4.55. The molecule has 0 aliphatic rings. The first-order valence-corrected chi connectivity index (χ1v) is 4.70. The van der Waals surface area contributed by atoms with Crippen molar-refractivity contribution >= 4 is 0 Å². The summed E-state index contributed by atoms with van der Waals surface area (Å²) in [4.78, 5) is 0. The number of H-pyrrole nitrogens is 1. The molecule has 0 spiro atoms. The number of hydrogen-bond acceptors (Lipinski definition) is 4. The predicted molar refractivity (Wildman–Crippen MR) is 54.4 cm³/mol. The Hall–Kier alpha value is -1.91. The summed E-state index contributed by atoms with van der Waals surface area (Å²) in [6.07, 6.45) is 0. The quantitative estimate of drug-likeness (QED) is 0.818. The van der Waals surface area contributed by atoms with Gasteiger partial charge in [-0.1, -0.05) is 0 Å².